The molecule has 0 spiro atoms. The van der Waals surface area contributed by atoms with Crippen molar-refractivity contribution in [3.63, 3.8) is 0 Å². The van der Waals surface area contributed by atoms with Crippen molar-refractivity contribution in [3.05, 3.63) is 43.7 Å². The van der Waals surface area contributed by atoms with Crippen molar-refractivity contribution in [3.8, 4) is 0 Å². The zero-order chi connectivity index (χ0) is 13.2. The Balaban J connectivity index is 1.88. The normalized spacial score (nSPS) is 18.1. The minimum atomic E-state index is 0.483. The maximum absolute atomic E-state index is 3.75. The van der Waals surface area contributed by atoms with Gasteiger partial charge in [-0.2, -0.15) is 0 Å². The number of aryl methyl sites for hydroxylation is 1. The number of thioether (sulfide) groups is 1. The number of nitrogens with one attached hydrogen (secondary N) is 1. The Hall–Kier alpha value is -0.200. The second-order valence-corrected chi connectivity index (χ2v) is 8.60. The van der Waals surface area contributed by atoms with Crippen LogP contribution in [-0.4, -0.2) is 6.26 Å². The topological polar surface area (TPSA) is 12.0 Å². The average molecular weight is 401 g/mol. The quantitative estimate of drug-likeness (QED) is 0.534. The summed E-state index contributed by atoms with van der Waals surface area (Å²) in [4.78, 5) is 2.91. The van der Waals surface area contributed by atoms with Crippen LogP contribution >= 0.6 is 45.7 Å². The second kappa shape index (κ2) is 6.06. The highest BCUT2D eigenvalue weighted by Gasteiger charge is 2.22. The molecule has 1 aliphatic carbocycles. The third-order valence-corrected chi connectivity index (χ3v) is 6.29. The molecule has 0 radical (unpaired) electrons. The fraction of sp³-hybridized carbons (Fsp3) is 0.333. The van der Waals surface area contributed by atoms with Crippen LogP contribution in [0.1, 0.15) is 29.3 Å². The molecule has 2 aromatic rings. The van der Waals surface area contributed by atoms with Crippen molar-refractivity contribution in [2.45, 2.75) is 30.2 Å². The standard InChI is InChI=1S/C15H16INS2/c1-18-14-7-3-2-5-12(14)17-11-6-4-8-13-10(11)9-15(16)19-13/h2-3,5,7,9,11,17H,4,6,8H2,1H3. The molecular formula is C15H16INS2. The molecule has 0 bridgehead atoms. The Morgan fingerprint density at radius 1 is 1.37 bits per heavy atom. The van der Waals surface area contributed by atoms with Crippen LogP contribution in [0.5, 0.6) is 0 Å². The van der Waals surface area contributed by atoms with E-state index in [0.717, 1.165) is 0 Å². The molecule has 1 aromatic heterocycles. The molecule has 1 atom stereocenters. The van der Waals surface area contributed by atoms with Gasteiger partial charge >= 0.3 is 0 Å². The summed E-state index contributed by atoms with van der Waals surface area (Å²) < 4.78 is 1.41. The highest BCUT2D eigenvalue weighted by Crippen LogP contribution is 2.39. The van der Waals surface area contributed by atoms with E-state index in [2.05, 4.69) is 64.5 Å². The second-order valence-electron chi connectivity index (χ2n) is 4.72. The summed E-state index contributed by atoms with van der Waals surface area (Å²) in [6.07, 6.45) is 5.93. The van der Waals surface area contributed by atoms with Crippen molar-refractivity contribution >= 4 is 51.4 Å². The molecule has 19 heavy (non-hydrogen) atoms. The molecule has 3 rings (SSSR count). The Morgan fingerprint density at radius 2 is 2.21 bits per heavy atom. The highest BCUT2D eigenvalue weighted by molar-refractivity contribution is 14.1. The molecule has 1 aliphatic rings. The molecule has 0 saturated carbocycles. The lowest BCUT2D eigenvalue weighted by Crippen LogP contribution is -2.15. The largest absolute Gasteiger partial charge is 0.377 e. The molecule has 1 aromatic carbocycles. The van der Waals surface area contributed by atoms with Gasteiger partial charge in [-0.05, 0) is 71.9 Å². The maximum Gasteiger partial charge on any atom is 0.0660 e. The van der Waals surface area contributed by atoms with Crippen LogP contribution in [-0.2, 0) is 6.42 Å². The van der Waals surface area contributed by atoms with Crippen molar-refractivity contribution in [1.82, 2.24) is 0 Å². The van der Waals surface area contributed by atoms with Gasteiger partial charge in [-0.1, -0.05) is 12.1 Å². The number of para-hydroxylation sites is 1. The monoisotopic (exact) mass is 401 g/mol. The van der Waals surface area contributed by atoms with Gasteiger partial charge in [0.25, 0.3) is 0 Å². The van der Waals surface area contributed by atoms with E-state index >= 15 is 0 Å². The third kappa shape index (κ3) is 2.95. The van der Waals surface area contributed by atoms with E-state index in [1.54, 1.807) is 4.88 Å². The predicted octanol–water partition coefficient (Wildman–Crippen LogP) is 5.56. The first-order valence-corrected chi connectivity index (χ1v) is 9.57. The van der Waals surface area contributed by atoms with Crippen LogP contribution in [0.2, 0.25) is 0 Å². The van der Waals surface area contributed by atoms with Gasteiger partial charge in [-0.25, -0.2) is 0 Å². The minimum Gasteiger partial charge on any atom is -0.377 e. The van der Waals surface area contributed by atoms with Gasteiger partial charge in [-0.3, -0.25) is 0 Å². The van der Waals surface area contributed by atoms with Crippen molar-refractivity contribution in [2.75, 3.05) is 11.6 Å². The van der Waals surface area contributed by atoms with Crippen LogP contribution in [0.4, 0.5) is 5.69 Å². The van der Waals surface area contributed by atoms with E-state index in [0.29, 0.717) is 6.04 Å². The molecule has 0 aliphatic heterocycles. The third-order valence-electron chi connectivity index (χ3n) is 3.52. The summed E-state index contributed by atoms with van der Waals surface area (Å²) in [6, 6.07) is 11.4. The predicted molar refractivity (Wildman–Crippen MR) is 94.6 cm³/mol. The first kappa shape index (κ1) is 13.8. The molecule has 1 heterocycles. The minimum absolute atomic E-state index is 0.483. The van der Waals surface area contributed by atoms with E-state index in [4.69, 9.17) is 0 Å². The number of rotatable bonds is 3. The van der Waals surface area contributed by atoms with E-state index < -0.39 is 0 Å². The average Bonchev–Trinajstić information content (AvgIpc) is 2.81. The van der Waals surface area contributed by atoms with Crippen LogP contribution in [0.3, 0.4) is 0 Å². The first-order chi connectivity index (χ1) is 9.28. The Labute approximate surface area is 136 Å². The fourth-order valence-corrected chi connectivity index (χ4v) is 5.30. The molecule has 1 unspecified atom stereocenters. The molecular weight excluding hydrogens is 385 g/mol. The summed E-state index contributed by atoms with van der Waals surface area (Å²) in [6.45, 7) is 0. The van der Waals surface area contributed by atoms with Gasteiger partial charge in [0.1, 0.15) is 0 Å². The lowest BCUT2D eigenvalue weighted by atomic mass is 9.94. The number of hydrogen-bond donors (Lipinski definition) is 1. The van der Waals surface area contributed by atoms with Crippen molar-refractivity contribution in [2.24, 2.45) is 0 Å². The molecule has 100 valence electrons. The van der Waals surface area contributed by atoms with Crippen LogP contribution < -0.4 is 5.32 Å². The van der Waals surface area contributed by atoms with Gasteiger partial charge in [-0.15, -0.1) is 23.1 Å². The summed E-state index contributed by atoms with van der Waals surface area (Å²) in [5.41, 5.74) is 2.80. The Bertz CT molecular complexity index is 579. The van der Waals surface area contributed by atoms with Crippen molar-refractivity contribution in [1.29, 1.82) is 0 Å². The van der Waals surface area contributed by atoms with Gasteiger partial charge in [0.15, 0.2) is 0 Å². The molecule has 0 saturated heterocycles. The lowest BCUT2D eigenvalue weighted by molar-refractivity contribution is 0.608. The fourth-order valence-electron chi connectivity index (χ4n) is 2.62. The number of hydrogen-bond acceptors (Lipinski definition) is 3. The van der Waals surface area contributed by atoms with E-state index in [-0.39, 0.29) is 0 Å². The smallest absolute Gasteiger partial charge is 0.0660 e. The number of fused-ring (bicyclic) bond motifs is 1. The molecule has 1 N–H and O–H groups in total. The van der Waals surface area contributed by atoms with Gasteiger partial charge in [0.2, 0.25) is 0 Å². The van der Waals surface area contributed by atoms with Crippen LogP contribution in [0.25, 0.3) is 0 Å². The SMILES string of the molecule is CSc1ccccc1NC1CCCc2sc(I)cc21. The zero-order valence-electron chi connectivity index (χ0n) is 10.8. The Kier molecular flexibility index (Phi) is 4.39. The summed E-state index contributed by atoms with van der Waals surface area (Å²) in [5, 5.41) is 3.75. The molecule has 1 nitrogen and oxygen atoms in total. The number of anilines is 1. The van der Waals surface area contributed by atoms with Crippen LogP contribution in [0.15, 0.2) is 35.2 Å². The molecule has 0 fully saturated rings. The van der Waals surface area contributed by atoms with Gasteiger partial charge in [0, 0.05) is 15.5 Å². The van der Waals surface area contributed by atoms with Gasteiger partial charge < -0.3 is 5.32 Å². The summed E-state index contributed by atoms with van der Waals surface area (Å²) in [7, 11) is 0. The van der Waals surface area contributed by atoms with E-state index in [1.165, 1.54) is 38.3 Å². The molecule has 4 heteroatoms. The number of thiophene rings is 1. The van der Waals surface area contributed by atoms with Gasteiger partial charge in [0.05, 0.1) is 8.93 Å². The maximum atomic E-state index is 3.75. The van der Waals surface area contributed by atoms with Crippen LogP contribution in [0, 0.1) is 2.88 Å². The summed E-state index contributed by atoms with van der Waals surface area (Å²) in [5.74, 6) is 0. The number of benzene rings is 1. The zero-order valence-corrected chi connectivity index (χ0v) is 14.6. The van der Waals surface area contributed by atoms with E-state index in [1.807, 2.05) is 23.1 Å². The Morgan fingerprint density at radius 3 is 3.05 bits per heavy atom. The van der Waals surface area contributed by atoms with Crippen molar-refractivity contribution < 1.29 is 0 Å². The summed E-state index contributed by atoms with van der Waals surface area (Å²) >= 11 is 6.21. The number of halogens is 1. The molecule has 0 amide bonds. The lowest BCUT2D eigenvalue weighted by Gasteiger charge is -2.25. The van der Waals surface area contributed by atoms with E-state index in [9.17, 15) is 0 Å². The highest BCUT2D eigenvalue weighted by atomic mass is 127. The first-order valence-electron chi connectivity index (χ1n) is 6.45.